The maximum atomic E-state index is 7.30. The van der Waals surface area contributed by atoms with Crippen LogP contribution in [0.2, 0.25) is 39.3 Å². The predicted molar refractivity (Wildman–Crippen MR) is 432 cm³/mol. The first-order valence-corrected chi connectivity index (χ1v) is 42.3. The summed E-state index contributed by atoms with van der Waals surface area (Å²) >= 11 is 0. The number of fused-ring (bicyclic) bond motifs is 8. The van der Waals surface area contributed by atoms with Crippen molar-refractivity contribution >= 4 is 129 Å². The van der Waals surface area contributed by atoms with Gasteiger partial charge in [-0.1, -0.05) is 185 Å². The summed E-state index contributed by atoms with van der Waals surface area (Å²) in [4.78, 5) is 3.61. The van der Waals surface area contributed by atoms with E-state index in [1.54, 1.807) is 0 Å². The van der Waals surface area contributed by atoms with Crippen LogP contribution in [0, 0.1) is 20.4 Å². The summed E-state index contributed by atoms with van der Waals surface area (Å²) in [5, 5.41) is 9.57. The van der Waals surface area contributed by atoms with E-state index < -0.39 is 16.1 Å². The predicted octanol–water partition coefficient (Wildman–Crippen LogP) is 18.8. The molecule has 0 bridgehead atoms. The van der Waals surface area contributed by atoms with E-state index in [0.29, 0.717) is 5.69 Å². The van der Waals surface area contributed by atoms with Gasteiger partial charge in [-0.3, -0.25) is 0 Å². The van der Waals surface area contributed by atoms with Crippen molar-refractivity contribution in [3.8, 4) is 11.3 Å². The molecule has 13 aromatic rings. The summed E-state index contributed by atoms with van der Waals surface area (Å²) in [6.45, 7) is 29.8. The molecule has 4 aliphatic heterocycles. The summed E-state index contributed by atoms with van der Waals surface area (Å²) in [7, 11) is 6.22. The molecule has 498 valence electrons. The first-order valence-electron chi connectivity index (χ1n) is 35.3. The third-order valence-corrected chi connectivity index (χ3v) is 24.6. The van der Waals surface area contributed by atoms with E-state index in [1.165, 1.54) is 122 Å². The number of quaternary nitrogens is 3. The number of hydrogen-bond acceptors (Lipinski definition) is 0. The van der Waals surface area contributed by atoms with Crippen LogP contribution >= 0.6 is 0 Å². The highest BCUT2D eigenvalue weighted by Gasteiger charge is 2.44. The Hall–Kier alpha value is -10.7. The number of aryl methyl sites for hydroxylation is 2. The smallest absolute Gasteiger partial charge is 0.240 e. The Labute approximate surface area is 599 Å². The monoisotopic (exact) mass is 1360 g/mol. The molecule has 17 rings (SSSR count). The Bertz CT molecular complexity index is 5420. The molecule has 9 nitrogen and oxygen atoms in total. The fourth-order valence-electron chi connectivity index (χ4n) is 15.9. The van der Waals surface area contributed by atoms with Gasteiger partial charge in [0.25, 0.3) is 20.0 Å². The molecule has 0 aliphatic carbocycles. The molecule has 0 saturated heterocycles. The van der Waals surface area contributed by atoms with Gasteiger partial charge in [0.2, 0.25) is 28.3 Å². The molecule has 0 saturated carbocycles. The summed E-state index contributed by atoms with van der Waals surface area (Å²) in [6, 6.07) is 100. The molecule has 0 fully saturated rings. The molecule has 0 amide bonds. The van der Waals surface area contributed by atoms with Crippen LogP contribution in [-0.4, -0.2) is 96.7 Å². The molecule has 2 unspecified atom stereocenters. The van der Waals surface area contributed by atoms with Crippen LogP contribution in [0.1, 0.15) is 27.8 Å². The average Bonchev–Trinajstić information content (AvgIpc) is 0.759. The van der Waals surface area contributed by atoms with Gasteiger partial charge in [-0.2, -0.15) is 0 Å². The highest BCUT2D eigenvalue weighted by Crippen LogP contribution is 2.43. The second-order valence-corrected chi connectivity index (χ2v) is 40.5. The summed E-state index contributed by atoms with van der Waals surface area (Å²) < 4.78 is 14.5. The first kappa shape index (κ1) is 67.5. The van der Waals surface area contributed by atoms with Crippen molar-refractivity contribution in [2.45, 2.75) is 59.8 Å². The van der Waals surface area contributed by atoms with Crippen LogP contribution in [0.4, 0.5) is 51.2 Å². The number of nitrogens with zero attached hydrogens (tertiary/aromatic N) is 9. The second-order valence-electron chi connectivity index (χ2n) is 30.5. The van der Waals surface area contributed by atoms with E-state index in [2.05, 4.69) is 395 Å². The molecule has 4 aliphatic rings. The van der Waals surface area contributed by atoms with Crippen LogP contribution in [0.25, 0.3) is 48.6 Å². The zero-order valence-electron chi connectivity index (χ0n) is 60.6. The summed E-state index contributed by atoms with van der Waals surface area (Å²) in [6.07, 6.45) is 6.79. The molecule has 6 heterocycles. The quantitative estimate of drug-likeness (QED) is 0.0656. The molecular formula is C90H93N9Si2+8. The number of aromatic nitrogens is 2. The van der Waals surface area contributed by atoms with Crippen LogP contribution < -0.4 is 33.2 Å². The van der Waals surface area contributed by atoms with Gasteiger partial charge in [0.15, 0.2) is 68.2 Å². The molecule has 2 aromatic heterocycles. The maximum absolute atomic E-state index is 7.30. The maximum Gasteiger partial charge on any atom is 0.344 e. The molecule has 11 heteroatoms. The van der Waals surface area contributed by atoms with Gasteiger partial charge < -0.3 is 0 Å². The summed E-state index contributed by atoms with van der Waals surface area (Å²) in [5.41, 5.74) is 21.3. The van der Waals surface area contributed by atoms with E-state index in [-0.39, 0.29) is 0 Å². The Morgan fingerprint density at radius 1 is 0.396 bits per heavy atom. The van der Waals surface area contributed by atoms with Crippen LogP contribution in [0.5, 0.6) is 0 Å². The lowest BCUT2D eigenvalue weighted by Gasteiger charge is -2.34. The third-order valence-electron chi connectivity index (χ3n) is 20.7. The Balaban J connectivity index is 0.000000115. The molecule has 0 spiro atoms. The molecular weight excluding hydrogens is 1260 g/mol. The second kappa shape index (κ2) is 27.1. The van der Waals surface area contributed by atoms with E-state index >= 15 is 0 Å². The first-order chi connectivity index (χ1) is 48.6. The lowest BCUT2D eigenvalue weighted by Crippen LogP contribution is -2.74. The van der Waals surface area contributed by atoms with E-state index in [1.807, 2.05) is 12.1 Å². The lowest BCUT2D eigenvalue weighted by atomic mass is 9.99. The van der Waals surface area contributed by atoms with Gasteiger partial charge in [0.1, 0.15) is 28.1 Å². The minimum Gasteiger partial charge on any atom is -0.240 e. The number of rotatable bonds is 7. The van der Waals surface area contributed by atoms with Gasteiger partial charge >= 0.3 is 6.67 Å². The SMILES string of the molecule is C[N+]1(c2ccccc2)C[N+](c2ccccc2)=Cc2c1ccc1ccccc21.C[N+]1(c2ccccc2)C[N+](c2ccccc2)=Cc2cc3ccccc3cc21.C[Si](C)(C)c1cccc2[n+]1C[n+]1c([Si](C)(C)C)ccc3cccc-2c31.[C-]#[N+]c1cc(C)c2c(c1)C=[N+](c1ccccc1C)C[N+]2(C)C. The molecule has 101 heavy (non-hydrogen) atoms. The Morgan fingerprint density at radius 3 is 1.53 bits per heavy atom. The Morgan fingerprint density at radius 2 is 0.911 bits per heavy atom. The number of hydrogen-bond donors (Lipinski definition) is 0. The fourth-order valence-corrected chi connectivity index (χ4v) is 19.1. The number of para-hydroxylation sites is 6. The molecule has 11 aromatic carbocycles. The van der Waals surface area contributed by atoms with Gasteiger partial charge in [0.05, 0.1) is 40.3 Å². The van der Waals surface area contributed by atoms with Gasteiger partial charge in [0, 0.05) is 70.4 Å². The number of benzene rings is 11. The van der Waals surface area contributed by atoms with Crippen molar-refractivity contribution in [3.05, 3.63) is 318 Å². The molecule has 0 N–H and O–H groups in total. The highest BCUT2D eigenvalue weighted by molar-refractivity contribution is 6.88. The van der Waals surface area contributed by atoms with Gasteiger partial charge in [-0.25, -0.2) is 18.3 Å². The topological polar surface area (TPSA) is 21.1 Å². The van der Waals surface area contributed by atoms with E-state index in [4.69, 9.17) is 6.57 Å². The zero-order chi connectivity index (χ0) is 70.4. The Kier molecular flexibility index (Phi) is 18.1. The average molecular weight is 1360 g/mol. The van der Waals surface area contributed by atoms with Crippen LogP contribution in [0.3, 0.4) is 0 Å². The van der Waals surface area contributed by atoms with Crippen molar-refractivity contribution < 1.29 is 22.9 Å². The number of pyridine rings is 2. The normalized spacial score (nSPS) is 16.9. The molecule has 0 radical (unpaired) electrons. The van der Waals surface area contributed by atoms with Crippen molar-refractivity contribution in [3.63, 3.8) is 0 Å². The minimum absolute atomic E-state index is 0.708. The minimum atomic E-state index is -1.43. The van der Waals surface area contributed by atoms with E-state index in [9.17, 15) is 0 Å². The van der Waals surface area contributed by atoms with Gasteiger partial charge in [-0.05, 0) is 115 Å². The van der Waals surface area contributed by atoms with Crippen molar-refractivity contribution in [1.29, 1.82) is 0 Å². The fraction of sp³-hybridized carbons (Fsp3) is 0.178. The standard InChI is InChI=1S/2C25H22N2.C21H28N2Si2.C19H21N3/c1-27(24-14-6-3-7-15-24)19-26(23-12-4-2-5-13-23)18-22-16-20-10-8-9-11-21(20)17-25(22)27;1-27(22-13-6-3-7-14-22)19-26(21-11-4-2-5-12-21)18-24-23-15-9-8-10-20(23)16-17-25(24)27;1-24(2,3)19-12-8-11-18-17-10-7-9-16-13-14-20(25(4,5)6)23(21(16)17)15-22(18)19;1-14-8-6-7-9-18(14)21-12-16-11-17(20-3)10-15(2)19(16)22(4,5)13-21/h2*2-18H,19H2,1H3;7-14H,15H2,1-6H3;6-12H,13H2,1-2,4-5H3/q4*+2. The van der Waals surface area contributed by atoms with Crippen molar-refractivity contribution in [2.24, 2.45) is 0 Å². The van der Waals surface area contributed by atoms with Gasteiger partial charge in [-0.15, -0.1) is 22.9 Å². The van der Waals surface area contributed by atoms with E-state index in [0.717, 1.165) is 45.7 Å². The largest absolute Gasteiger partial charge is 0.344 e. The highest BCUT2D eigenvalue weighted by atomic mass is 28.3. The third kappa shape index (κ3) is 13.2. The van der Waals surface area contributed by atoms with Crippen molar-refractivity contribution in [1.82, 2.24) is 13.4 Å². The van der Waals surface area contributed by atoms with Crippen molar-refractivity contribution in [2.75, 3.05) is 48.2 Å². The van der Waals surface area contributed by atoms with Crippen LogP contribution in [-0.2, 0) is 6.67 Å². The molecule has 2 atom stereocenters. The zero-order valence-corrected chi connectivity index (χ0v) is 62.6. The lowest BCUT2D eigenvalue weighted by molar-refractivity contribution is -0.886. The summed E-state index contributed by atoms with van der Waals surface area (Å²) in [5.74, 6) is 0. The van der Waals surface area contributed by atoms with Crippen LogP contribution in [0.15, 0.2) is 279 Å².